The van der Waals surface area contributed by atoms with Gasteiger partial charge in [-0.1, -0.05) is 18.9 Å². The molecular weight excluding hydrogens is 459 g/mol. The van der Waals surface area contributed by atoms with Crippen LogP contribution in [0.2, 0.25) is 0 Å². The third kappa shape index (κ3) is 6.56. The Kier molecular flexibility index (Phi) is 9.04. The van der Waals surface area contributed by atoms with Crippen molar-refractivity contribution in [2.75, 3.05) is 54.9 Å². The van der Waals surface area contributed by atoms with Gasteiger partial charge in [-0.05, 0) is 62.3 Å². The monoisotopic (exact) mass is 492 g/mol. The van der Waals surface area contributed by atoms with E-state index in [0.717, 1.165) is 36.0 Å². The maximum Gasteiger partial charge on any atom is 0.148 e. The number of nitrogens with zero attached hydrogens (tertiary/aromatic N) is 4. The summed E-state index contributed by atoms with van der Waals surface area (Å²) in [6, 6.07) is 16.6. The summed E-state index contributed by atoms with van der Waals surface area (Å²) in [7, 11) is 1.80. The normalized spacial score (nSPS) is 16.0. The second kappa shape index (κ2) is 12.6. The number of aromatic nitrogens is 2. The summed E-state index contributed by atoms with van der Waals surface area (Å²) in [5.74, 6) is 2.47. The Labute approximate surface area is 211 Å². The lowest BCUT2D eigenvalue weighted by Gasteiger charge is -2.28. The molecule has 3 aromatic rings. The van der Waals surface area contributed by atoms with Crippen LogP contribution in [0.15, 0.2) is 48.5 Å². The van der Waals surface area contributed by atoms with E-state index in [0.29, 0.717) is 11.4 Å². The van der Waals surface area contributed by atoms with E-state index in [1.165, 1.54) is 56.6 Å². The number of anilines is 2. The predicted molar refractivity (Wildman–Crippen MR) is 144 cm³/mol. The first-order valence-electron chi connectivity index (χ1n) is 12.3. The van der Waals surface area contributed by atoms with E-state index in [1.807, 2.05) is 36.0 Å². The fraction of sp³-hybridized carbons (Fsp3) is 0.407. The molecule has 2 fully saturated rings. The zero-order valence-corrected chi connectivity index (χ0v) is 21.1. The smallest absolute Gasteiger partial charge is 0.148 e. The average Bonchev–Trinajstić information content (AvgIpc) is 3.12. The summed E-state index contributed by atoms with van der Waals surface area (Å²) in [5.41, 5.74) is 3.57. The molecule has 2 N–H and O–H groups in total. The van der Waals surface area contributed by atoms with Crippen molar-refractivity contribution in [2.45, 2.75) is 25.7 Å². The number of hydrogen-bond acceptors (Lipinski definition) is 6. The molecular formula is C27H33FN6S. The lowest BCUT2D eigenvalue weighted by Crippen LogP contribution is -2.32. The Morgan fingerprint density at radius 3 is 2.29 bits per heavy atom. The molecule has 0 bridgehead atoms. The molecule has 2 aliphatic heterocycles. The van der Waals surface area contributed by atoms with Gasteiger partial charge in [-0.3, -0.25) is 0 Å². The highest BCUT2D eigenvalue weighted by molar-refractivity contribution is 7.99. The van der Waals surface area contributed by atoms with Gasteiger partial charge in [-0.15, -0.1) is 5.10 Å². The van der Waals surface area contributed by atoms with Crippen LogP contribution in [0.1, 0.15) is 31.2 Å². The predicted octanol–water partition coefficient (Wildman–Crippen LogP) is 5.29. The molecule has 0 radical (unpaired) electrons. The van der Waals surface area contributed by atoms with Crippen molar-refractivity contribution in [1.82, 2.24) is 15.1 Å². The fourth-order valence-electron chi connectivity index (χ4n) is 4.28. The van der Waals surface area contributed by atoms with Crippen LogP contribution in [0.3, 0.4) is 0 Å². The van der Waals surface area contributed by atoms with E-state index < -0.39 is 5.82 Å². The maximum atomic E-state index is 14.1. The van der Waals surface area contributed by atoms with Gasteiger partial charge < -0.3 is 15.5 Å². The third-order valence-electron chi connectivity index (χ3n) is 6.28. The molecule has 3 heterocycles. The van der Waals surface area contributed by atoms with Gasteiger partial charge >= 0.3 is 0 Å². The van der Waals surface area contributed by atoms with E-state index >= 15 is 0 Å². The van der Waals surface area contributed by atoms with Gasteiger partial charge in [0, 0.05) is 49.0 Å². The van der Waals surface area contributed by atoms with E-state index in [1.54, 1.807) is 17.8 Å². The van der Waals surface area contributed by atoms with Crippen LogP contribution in [0.5, 0.6) is 0 Å². The molecule has 0 atom stereocenters. The summed E-state index contributed by atoms with van der Waals surface area (Å²) >= 11 is 1.99. The number of nitriles is 1. The fourth-order valence-corrected chi connectivity index (χ4v) is 5.18. The second-order valence-electron chi connectivity index (χ2n) is 8.66. The minimum atomic E-state index is -0.530. The van der Waals surface area contributed by atoms with E-state index in [9.17, 15) is 4.39 Å². The summed E-state index contributed by atoms with van der Waals surface area (Å²) in [4.78, 5) is 2.39. The summed E-state index contributed by atoms with van der Waals surface area (Å²) < 4.78 is 15.9. The van der Waals surface area contributed by atoms with Crippen LogP contribution < -0.4 is 15.5 Å². The van der Waals surface area contributed by atoms with Crippen LogP contribution in [0.4, 0.5) is 15.9 Å². The molecule has 6 nitrogen and oxygen atoms in total. The van der Waals surface area contributed by atoms with Crippen molar-refractivity contribution < 1.29 is 4.39 Å². The van der Waals surface area contributed by atoms with E-state index in [2.05, 4.69) is 32.8 Å². The zero-order chi connectivity index (χ0) is 24.5. The third-order valence-corrected chi connectivity index (χ3v) is 7.22. The largest absolute Gasteiger partial charge is 0.372 e. The second-order valence-corrected chi connectivity index (χ2v) is 9.89. The molecule has 0 unspecified atom stereocenters. The number of nitrogens with one attached hydrogen (secondary N) is 2. The van der Waals surface area contributed by atoms with Crippen molar-refractivity contribution in [2.24, 2.45) is 0 Å². The van der Waals surface area contributed by atoms with Crippen LogP contribution >= 0.6 is 11.8 Å². The highest BCUT2D eigenvalue weighted by atomic mass is 32.2. The van der Waals surface area contributed by atoms with Gasteiger partial charge in [-0.25, -0.2) is 9.07 Å². The molecule has 5 rings (SSSR count). The quantitative estimate of drug-likeness (QED) is 0.516. The van der Waals surface area contributed by atoms with Gasteiger partial charge in [-0.2, -0.15) is 17.0 Å². The SMILES string of the molecule is C1CCCNCC1.CNc1cc(-c2ccc(C#N)c(F)c2)n(-c2ccc(N3CCSCC3)cc2)n1. The summed E-state index contributed by atoms with van der Waals surface area (Å²) in [6.45, 7) is 4.62. The topological polar surface area (TPSA) is 68.9 Å². The van der Waals surface area contributed by atoms with Crippen molar-refractivity contribution in [3.05, 3.63) is 59.9 Å². The van der Waals surface area contributed by atoms with Crippen LogP contribution in [0, 0.1) is 17.1 Å². The number of halogens is 1. The first-order valence-corrected chi connectivity index (χ1v) is 13.5. The van der Waals surface area contributed by atoms with E-state index in [4.69, 9.17) is 5.26 Å². The van der Waals surface area contributed by atoms with E-state index in [-0.39, 0.29) is 5.56 Å². The molecule has 2 aliphatic rings. The average molecular weight is 493 g/mol. The zero-order valence-electron chi connectivity index (χ0n) is 20.3. The Morgan fingerprint density at radius 2 is 1.66 bits per heavy atom. The number of rotatable bonds is 4. The molecule has 0 amide bonds. The highest BCUT2D eigenvalue weighted by Gasteiger charge is 2.15. The Bertz CT molecular complexity index is 1110. The highest BCUT2D eigenvalue weighted by Crippen LogP contribution is 2.29. The molecule has 1 aromatic heterocycles. The molecule has 0 saturated carbocycles. The Hall–Kier alpha value is -3.02. The number of hydrogen-bond donors (Lipinski definition) is 2. The molecule has 2 aromatic carbocycles. The van der Waals surface area contributed by atoms with Crippen LogP contribution in [0.25, 0.3) is 16.9 Å². The van der Waals surface area contributed by atoms with Crippen LogP contribution in [-0.2, 0) is 0 Å². The van der Waals surface area contributed by atoms with Crippen molar-refractivity contribution in [1.29, 1.82) is 5.26 Å². The van der Waals surface area contributed by atoms with Crippen molar-refractivity contribution >= 4 is 23.3 Å². The number of thioether (sulfide) groups is 1. The molecule has 0 aliphatic carbocycles. The molecule has 0 spiro atoms. The molecule has 8 heteroatoms. The van der Waals surface area contributed by atoms with Gasteiger partial charge in [0.15, 0.2) is 0 Å². The Balaban J connectivity index is 0.000000356. The number of benzene rings is 2. The van der Waals surface area contributed by atoms with Gasteiger partial charge in [0.25, 0.3) is 0 Å². The Morgan fingerprint density at radius 1 is 0.971 bits per heavy atom. The van der Waals surface area contributed by atoms with Gasteiger partial charge in [0.2, 0.25) is 0 Å². The molecule has 2 saturated heterocycles. The van der Waals surface area contributed by atoms with Gasteiger partial charge in [0.05, 0.1) is 16.9 Å². The lowest BCUT2D eigenvalue weighted by molar-refractivity contribution is 0.624. The summed E-state index contributed by atoms with van der Waals surface area (Å²) in [6.07, 6.45) is 5.65. The minimum Gasteiger partial charge on any atom is -0.372 e. The summed E-state index contributed by atoms with van der Waals surface area (Å²) in [5, 5.41) is 19.9. The van der Waals surface area contributed by atoms with Crippen LogP contribution in [-0.4, -0.2) is 54.5 Å². The minimum absolute atomic E-state index is 0.0349. The maximum absolute atomic E-state index is 14.1. The standard InChI is InChI=1S/C21H20FN5S.C6H13N/c1-24-21-13-20(15-2-3-16(14-23)19(22)12-15)27(25-21)18-6-4-17(5-7-18)26-8-10-28-11-9-26;1-2-4-6-7-5-3-1/h2-7,12-13H,8-11H2,1H3,(H,24,25);7H,1-6H2. The van der Waals surface area contributed by atoms with Crippen molar-refractivity contribution in [3.8, 4) is 23.0 Å². The lowest BCUT2D eigenvalue weighted by atomic mass is 10.1. The molecule has 184 valence electrons. The first-order chi connectivity index (χ1) is 17.2. The molecule has 35 heavy (non-hydrogen) atoms. The first kappa shape index (κ1) is 25.1. The van der Waals surface area contributed by atoms with Gasteiger partial charge in [0.1, 0.15) is 17.7 Å². The van der Waals surface area contributed by atoms with Crippen molar-refractivity contribution in [3.63, 3.8) is 0 Å².